The zero-order valence-electron chi connectivity index (χ0n) is 16.5. The van der Waals surface area contributed by atoms with Crippen molar-refractivity contribution < 1.29 is 14.0 Å². The Hall–Kier alpha value is -3.41. The van der Waals surface area contributed by atoms with Crippen molar-refractivity contribution in [2.45, 2.75) is 19.3 Å². The number of carbonyl (C=O) groups is 2. The first-order valence-electron chi connectivity index (χ1n) is 10.2. The molecule has 1 spiro atoms. The summed E-state index contributed by atoms with van der Waals surface area (Å²) >= 11 is 0. The highest BCUT2D eigenvalue weighted by Crippen LogP contribution is 2.59. The number of rotatable bonds is 3. The van der Waals surface area contributed by atoms with Gasteiger partial charge in [0.15, 0.2) is 0 Å². The van der Waals surface area contributed by atoms with Gasteiger partial charge in [-0.05, 0) is 48.9 Å². The molecule has 3 aromatic rings. The van der Waals surface area contributed by atoms with Crippen LogP contribution in [0.2, 0.25) is 0 Å². The number of nitrogens with zero attached hydrogens (tertiary/aromatic N) is 1. The van der Waals surface area contributed by atoms with Crippen LogP contribution in [-0.4, -0.2) is 29.8 Å². The van der Waals surface area contributed by atoms with Crippen LogP contribution in [0.5, 0.6) is 0 Å². The van der Waals surface area contributed by atoms with Gasteiger partial charge < -0.3 is 14.6 Å². The third kappa shape index (κ3) is 3.28. The summed E-state index contributed by atoms with van der Waals surface area (Å²) in [5.41, 5.74) is 0.718. The zero-order chi connectivity index (χ0) is 20.7. The molecule has 2 fully saturated rings. The molecule has 5 rings (SSSR count). The Kier molecular flexibility index (Phi) is 4.42. The first-order chi connectivity index (χ1) is 14.6. The first-order valence-corrected chi connectivity index (χ1v) is 10.2. The lowest BCUT2D eigenvalue weighted by molar-refractivity contribution is -0.118. The van der Waals surface area contributed by atoms with Crippen molar-refractivity contribution in [2.75, 3.05) is 18.4 Å². The highest BCUT2D eigenvalue weighted by atomic mass is 16.4. The maximum Gasteiger partial charge on any atom is 0.349 e. The minimum atomic E-state index is -0.606. The average Bonchev–Trinajstić information content (AvgIpc) is 3.47. The van der Waals surface area contributed by atoms with E-state index in [0.29, 0.717) is 18.7 Å². The Bertz CT molecular complexity index is 1180. The monoisotopic (exact) mass is 402 g/mol. The highest BCUT2D eigenvalue weighted by molar-refractivity contribution is 5.97. The van der Waals surface area contributed by atoms with Crippen molar-refractivity contribution in [3.63, 3.8) is 0 Å². The van der Waals surface area contributed by atoms with Crippen LogP contribution in [0.3, 0.4) is 0 Å². The van der Waals surface area contributed by atoms with Gasteiger partial charge in [0.2, 0.25) is 5.91 Å². The molecule has 1 aliphatic carbocycles. The summed E-state index contributed by atoms with van der Waals surface area (Å²) in [6.07, 6.45) is 2.39. The number of nitrogens with one attached hydrogen (secondary N) is 1. The van der Waals surface area contributed by atoms with Gasteiger partial charge in [0.1, 0.15) is 11.1 Å². The van der Waals surface area contributed by atoms with Crippen LogP contribution in [0.4, 0.5) is 5.69 Å². The Balaban J connectivity index is 1.24. The molecule has 0 radical (unpaired) electrons. The van der Waals surface area contributed by atoms with E-state index in [1.165, 1.54) is 0 Å². The normalized spacial score (nSPS) is 19.6. The number of hydrogen-bond donors (Lipinski definition) is 1. The van der Waals surface area contributed by atoms with Crippen LogP contribution < -0.4 is 10.9 Å². The molecule has 1 aromatic heterocycles. The second-order valence-electron chi connectivity index (χ2n) is 8.25. The van der Waals surface area contributed by atoms with Gasteiger partial charge >= 0.3 is 5.63 Å². The van der Waals surface area contributed by atoms with E-state index in [9.17, 15) is 14.4 Å². The molecule has 30 heavy (non-hydrogen) atoms. The molecule has 0 unspecified atom stereocenters. The number of likely N-dealkylation sites (tertiary alicyclic amines) is 1. The van der Waals surface area contributed by atoms with Crippen molar-refractivity contribution in [1.29, 1.82) is 0 Å². The van der Waals surface area contributed by atoms with Crippen LogP contribution in [0.25, 0.3) is 11.0 Å². The van der Waals surface area contributed by atoms with Gasteiger partial charge in [0.05, 0.1) is 0 Å². The lowest BCUT2D eigenvalue weighted by Gasteiger charge is -2.32. The van der Waals surface area contributed by atoms with Crippen molar-refractivity contribution >= 4 is 28.5 Å². The third-order valence-electron chi connectivity index (χ3n) is 6.47. The number of hydrogen-bond acceptors (Lipinski definition) is 4. The van der Waals surface area contributed by atoms with Crippen LogP contribution in [0, 0.1) is 11.3 Å². The van der Waals surface area contributed by atoms with Gasteiger partial charge in [-0.15, -0.1) is 0 Å². The molecule has 1 aliphatic heterocycles. The molecule has 1 saturated carbocycles. The van der Waals surface area contributed by atoms with Gasteiger partial charge in [-0.3, -0.25) is 9.59 Å². The summed E-state index contributed by atoms with van der Waals surface area (Å²) in [6, 6.07) is 18.2. The van der Waals surface area contributed by atoms with Crippen molar-refractivity contribution in [3.05, 3.63) is 76.6 Å². The molecule has 6 heteroatoms. The molecule has 0 bridgehead atoms. The molecule has 2 aliphatic rings. The fraction of sp³-hybridized carbons (Fsp3) is 0.292. The minimum absolute atomic E-state index is 0.0132. The molecule has 2 amide bonds. The fourth-order valence-electron chi connectivity index (χ4n) is 4.56. The number of benzene rings is 2. The van der Waals surface area contributed by atoms with Crippen LogP contribution in [0.15, 0.2) is 69.9 Å². The maximum absolute atomic E-state index is 12.9. The number of para-hydroxylation sites is 2. The average molecular weight is 402 g/mol. The lowest BCUT2D eigenvalue weighted by atomic mass is 9.90. The van der Waals surface area contributed by atoms with Crippen molar-refractivity contribution in [1.82, 2.24) is 4.90 Å². The molecular weight excluding hydrogens is 380 g/mol. The van der Waals surface area contributed by atoms with Crippen LogP contribution >= 0.6 is 0 Å². The van der Waals surface area contributed by atoms with Gasteiger partial charge in [-0.2, -0.15) is 0 Å². The standard InChI is InChI=1S/C24H22N2O4/c27-21(25-17-7-2-1-3-8-17)19-15-24(19)10-12-26(13-11-24)22(28)18-14-16-6-4-5-9-20(16)30-23(18)29/h1-9,14,19H,10-13,15H2,(H,25,27)/t19-/m1/s1. The van der Waals surface area contributed by atoms with Gasteiger partial charge in [-0.1, -0.05) is 36.4 Å². The van der Waals surface area contributed by atoms with Gasteiger partial charge in [-0.25, -0.2) is 4.79 Å². The molecule has 1 saturated heterocycles. The SMILES string of the molecule is O=C(Nc1ccccc1)[C@H]1CC12CCN(C(=O)c1cc3ccccc3oc1=O)CC2. The van der Waals surface area contributed by atoms with E-state index in [2.05, 4.69) is 5.32 Å². The van der Waals surface area contributed by atoms with Crippen LogP contribution in [-0.2, 0) is 4.79 Å². The number of carbonyl (C=O) groups excluding carboxylic acids is 2. The third-order valence-corrected chi connectivity index (χ3v) is 6.47. The molecule has 6 nitrogen and oxygen atoms in total. The zero-order valence-corrected chi connectivity index (χ0v) is 16.5. The van der Waals surface area contributed by atoms with E-state index in [4.69, 9.17) is 4.42 Å². The van der Waals surface area contributed by atoms with E-state index >= 15 is 0 Å². The Labute approximate surface area is 173 Å². The number of piperidine rings is 1. The summed E-state index contributed by atoms with van der Waals surface area (Å²) in [5, 5.41) is 3.72. The first kappa shape index (κ1) is 18.6. The Morgan fingerprint density at radius 1 is 1.00 bits per heavy atom. The molecule has 1 atom stereocenters. The van der Waals surface area contributed by atoms with Crippen molar-refractivity contribution in [3.8, 4) is 0 Å². The molecule has 152 valence electrons. The van der Waals surface area contributed by atoms with Gasteiger partial charge in [0.25, 0.3) is 5.91 Å². The largest absolute Gasteiger partial charge is 0.422 e. The summed E-state index contributed by atoms with van der Waals surface area (Å²) in [7, 11) is 0. The summed E-state index contributed by atoms with van der Waals surface area (Å²) in [5.74, 6) is -0.257. The van der Waals surface area contributed by atoms with E-state index in [1.54, 1.807) is 23.1 Å². The van der Waals surface area contributed by atoms with E-state index in [1.807, 2.05) is 42.5 Å². The van der Waals surface area contributed by atoms with Crippen molar-refractivity contribution in [2.24, 2.45) is 11.3 Å². The number of fused-ring (bicyclic) bond motifs is 1. The predicted octanol–water partition coefficient (Wildman–Crippen LogP) is 3.67. The fourth-order valence-corrected chi connectivity index (χ4v) is 4.56. The molecule has 2 aromatic carbocycles. The number of anilines is 1. The highest BCUT2D eigenvalue weighted by Gasteiger charge is 2.58. The number of amides is 2. The van der Waals surface area contributed by atoms with Crippen LogP contribution in [0.1, 0.15) is 29.6 Å². The second kappa shape index (κ2) is 7.13. The summed E-state index contributed by atoms with van der Waals surface area (Å²) in [6.45, 7) is 1.08. The maximum atomic E-state index is 12.9. The van der Waals surface area contributed by atoms with E-state index in [-0.39, 0.29) is 28.7 Å². The molecular formula is C24H22N2O4. The topological polar surface area (TPSA) is 79.6 Å². The molecule has 1 N–H and O–H groups in total. The Morgan fingerprint density at radius 3 is 2.47 bits per heavy atom. The smallest absolute Gasteiger partial charge is 0.349 e. The van der Waals surface area contributed by atoms with E-state index < -0.39 is 5.63 Å². The van der Waals surface area contributed by atoms with E-state index in [0.717, 1.165) is 30.3 Å². The second-order valence-corrected chi connectivity index (χ2v) is 8.25. The predicted molar refractivity (Wildman–Crippen MR) is 113 cm³/mol. The molecule has 2 heterocycles. The Morgan fingerprint density at radius 2 is 1.70 bits per heavy atom. The summed E-state index contributed by atoms with van der Waals surface area (Å²) < 4.78 is 5.31. The van der Waals surface area contributed by atoms with Gasteiger partial charge in [0, 0.05) is 30.1 Å². The lowest BCUT2D eigenvalue weighted by Crippen LogP contribution is -2.41. The minimum Gasteiger partial charge on any atom is -0.422 e. The quantitative estimate of drug-likeness (QED) is 0.678. The summed E-state index contributed by atoms with van der Waals surface area (Å²) in [4.78, 5) is 39.6.